The third-order valence-electron chi connectivity index (χ3n) is 4.59. The van der Waals surface area contributed by atoms with Crippen molar-refractivity contribution in [3.05, 3.63) is 29.0 Å². The summed E-state index contributed by atoms with van der Waals surface area (Å²) >= 11 is 12.7. The van der Waals surface area contributed by atoms with Crippen molar-refractivity contribution in [1.29, 1.82) is 0 Å². The van der Waals surface area contributed by atoms with Gasteiger partial charge in [0.15, 0.2) is 0 Å². The quantitative estimate of drug-likeness (QED) is 0.634. The van der Waals surface area contributed by atoms with Crippen LogP contribution in [-0.2, 0) is 6.54 Å². The Hall–Kier alpha value is -0.730. The Morgan fingerprint density at radius 2 is 2.05 bits per heavy atom. The van der Waals surface area contributed by atoms with Gasteiger partial charge in [-0.05, 0) is 31.4 Å². The van der Waals surface area contributed by atoms with E-state index in [1.165, 1.54) is 38.5 Å². The first kappa shape index (κ1) is 15.2. The molecule has 1 aliphatic carbocycles. The molecule has 1 unspecified atom stereocenters. The van der Waals surface area contributed by atoms with Crippen LogP contribution in [0.3, 0.4) is 0 Å². The molecule has 0 N–H and O–H groups in total. The third kappa shape index (κ3) is 3.22. The Morgan fingerprint density at radius 3 is 2.76 bits per heavy atom. The smallest absolute Gasteiger partial charge is 0.127 e. The van der Waals surface area contributed by atoms with E-state index < -0.39 is 0 Å². The number of halogens is 2. The lowest BCUT2D eigenvalue weighted by atomic mass is 9.87. The number of aromatic nitrogens is 2. The van der Waals surface area contributed by atoms with Gasteiger partial charge in [-0.3, -0.25) is 0 Å². The zero-order valence-corrected chi connectivity index (χ0v) is 14.0. The first-order valence-electron chi connectivity index (χ1n) is 7.95. The van der Waals surface area contributed by atoms with E-state index in [0.717, 1.165) is 34.3 Å². The Labute approximate surface area is 136 Å². The van der Waals surface area contributed by atoms with Crippen molar-refractivity contribution >= 4 is 34.2 Å². The van der Waals surface area contributed by atoms with Gasteiger partial charge in [-0.1, -0.05) is 49.8 Å². The van der Waals surface area contributed by atoms with Crippen LogP contribution in [0, 0.1) is 5.92 Å². The zero-order valence-electron chi connectivity index (χ0n) is 12.5. The number of nitrogens with zero attached hydrogens (tertiary/aromatic N) is 2. The van der Waals surface area contributed by atoms with E-state index in [9.17, 15) is 0 Å². The number of hydrogen-bond donors (Lipinski definition) is 0. The standard InChI is InChI=1S/C17H22Cl2N2/c1-12(18)17-20-15-9-5-8-14(19)16(15)21(17)11-10-13-6-3-2-4-7-13/h5,8-9,12-13H,2-4,6-7,10-11H2,1H3. The van der Waals surface area contributed by atoms with E-state index in [4.69, 9.17) is 23.2 Å². The van der Waals surface area contributed by atoms with Crippen molar-refractivity contribution in [3.8, 4) is 0 Å². The fourth-order valence-corrected chi connectivity index (χ4v) is 3.92. The molecule has 114 valence electrons. The molecule has 1 saturated carbocycles. The molecule has 2 nitrogen and oxygen atoms in total. The largest absolute Gasteiger partial charge is 0.326 e. The highest BCUT2D eigenvalue weighted by molar-refractivity contribution is 6.35. The lowest BCUT2D eigenvalue weighted by molar-refractivity contribution is 0.324. The maximum atomic E-state index is 6.40. The van der Waals surface area contributed by atoms with Crippen molar-refractivity contribution in [2.24, 2.45) is 5.92 Å². The van der Waals surface area contributed by atoms with Crippen LogP contribution in [0.25, 0.3) is 11.0 Å². The van der Waals surface area contributed by atoms with Gasteiger partial charge in [0, 0.05) is 6.54 Å². The minimum Gasteiger partial charge on any atom is -0.326 e. The average Bonchev–Trinajstić information content (AvgIpc) is 2.86. The van der Waals surface area contributed by atoms with Crippen LogP contribution in [0.4, 0.5) is 0 Å². The number of aryl methyl sites for hydroxylation is 1. The van der Waals surface area contributed by atoms with Gasteiger partial charge >= 0.3 is 0 Å². The minimum absolute atomic E-state index is 0.0974. The molecule has 0 bridgehead atoms. The number of fused-ring (bicyclic) bond motifs is 1. The number of benzene rings is 1. The summed E-state index contributed by atoms with van der Waals surface area (Å²) in [7, 11) is 0. The summed E-state index contributed by atoms with van der Waals surface area (Å²) in [6.45, 7) is 2.95. The second kappa shape index (κ2) is 6.58. The molecule has 0 radical (unpaired) electrons. The van der Waals surface area contributed by atoms with Crippen molar-refractivity contribution in [1.82, 2.24) is 9.55 Å². The lowest BCUT2D eigenvalue weighted by Crippen LogP contribution is -2.12. The molecule has 0 saturated heterocycles. The summed E-state index contributed by atoms with van der Waals surface area (Å²) in [6.07, 6.45) is 8.11. The molecule has 3 rings (SSSR count). The molecule has 0 aliphatic heterocycles. The maximum absolute atomic E-state index is 6.40. The molecule has 1 aromatic heterocycles. The van der Waals surface area contributed by atoms with Crippen molar-refractivity contribution in [2.45, 2.75) is 57.4 Å². The summed E-state index contributed by atoms with van der Waals surface area (Å²) in [5, 5.41) is 0.673. The molecular weight excluding hydrogens is 303 g/mol. The summed E-state index contributed by atoms with van der Waals surface area (Å²) in [5.41, 5.74) is 1.99. The molecule has 0 amide bonds. The van der Waals surface area contributed by atoms with Gasteiger partial charge in [-0.25, -0.2) is 4.98 Å². The van der Waals surface area contributed by atoms with E-state index in [2.05, 4.69) is 9.55 Å². The van der Waals surface area contributed by atoms with E-state index in [0.29, 0.717) is 0 Å². The number of para-hydroxylation sites is 1. The van der Waals surface area contributed by atoms with Crippen molar-refractivity contribution in [3.63, 3.8) is 0 Å². The van der Waals surface area contributed by atoms with Gasteiger partial charge in [-0.15, -0.1) is 11.6 Å². The van der Waals surface area contributed by atoms with Crippen molar-refractivity contribution in [2.75, 3.05) is 0 Å². The molecule has 1 heterocycles. The summed E-state index contributed by atoms with van der Waals surface area (Å²) in [5.74, 6) is 1.78. The molecule has 2 aromatic rings. The summed E-state index contributed by atoms with van der Waals surface area (Å²) < 4.78 is 2.24. The highest BCUT2D eigenvalue weighted by Crippen LogP contribution is 2.32. The Morgan fingerprint density at radius 1 is 1.29 bits per heavy atom. The zero-order chi connectivity index (χ0) is 14.8. The monoisotopic (exact) mass is 324 g/mol. The molecular formula is C17H22Cl2N2. The van der Waals surface area contributed by atoms with Crippen LogP contribution in [0.1, 0.15) is 56.7 Å². The van der Waals surface area contributed by atoms with E-state index in [-0.39, 0.29) is 5.38 Å². The van der Waals surface area contributed by atoms with E-state index in [1.54, 1.807) is 0 Å². The van der Waals surface area contributed by atoms with E-state index in [1.807, 2.05) is 25.1 Å². The minimum atomic E-state index is -0.0974. The lowest BCUT2D eigenvalue weighted by Gasteiger charge is -2.22. The van der Waals surface area contributed by atoms with Crippen molar-refractivity contribution < 1.29 is 0 Å². The second-order valence-electron chi connectivity index (χ2n) is 6.14. The number of rotatable bonds is 4. The summed E-state index contributed by atoms with van der Waals surface area (Å²) in [6, 6.07) is 5.90. The van der Waals surface area contributed by atoms with Gasteiger partial charge in [0.05, 0.1) is 21.4 Å². The Balaban J connectivity index is 1.89. The van der Waals surface area contributed by atoms with Crippen LogP contribution in [0.5, 0.6) is 0 Å². The van der Waals surface area contributed by atoms with Gasteiger partial charge in [0.25, 0.3) is 0 Å². The highest BCUT2D eigenvalue weighted by atomic mass is 35.5. The normalized spacial score (nSPS) is 18.2. The Kier molecular flexibility index (Phi) is 4.75. The molecule has 1 fully saturated rings. The molecule has 1 aliphatic rings. The number of hydrogen-bond acceptors (Lipinski definition) is 1. The highest BCUT2D eigenvalue weighted by Gasteiger charge is 2.19. The predicted octanol–water partition coefficient (Wildman–Crippen LogP) is 5.96. The fraction of sp³-hybridized carbons (Fsp3) is 0.588. The predicted molar refractivity (Wildman–Crippen MR) is 90.2 cm³/mol. The number of imidazole rings is 1. The van der Waals surface area contributed by atoms with Crippen LogP contribution < -0.4 is 0 Å². The maximum Gasteiger partial charge on any atom is 0.127 e. The first-order valence-corrected chi connectivity index (χ1v) is 8.77. The van der Waals surface area contributed by atoms with Crippen LogP contribution in [0.2, 0.25) is 5.02 Å². The molecule has 1 aromatic carbocycles. The van der Waals surface area contributed by atoms with E-state index >= 15 is 0 Å². The third-order valence-corrected chi connectivity index (χ3v) is 5.09. The SMILES string of the molecule is CC(Cl)c1nc2cccc(Cl)c2n1CCC1CCCCC1. The van der Waals surface area contributed by atoms with Gasteiger partial charge in [0.2, 0.25) is 0 Å². The van der Waals surface area contributed by atoms with Gasteiger partial charge in [-0.2, -0.15) is 0 Å². The Bertz CT molecular complexity index is 613. The molecule has 4 heteroatoms. The molecule has 0 spiro atoms. The second-order valence-corrected chi connectivity index (χ2v) is 7.20. The summed E-state index contributed by atoms with van der Waals surface area (Å²) in [4.78, 5) is 4.68. The van der Waals surface area contributed by atoms with Gasteiger partial charge < -0.3 is 4.57 Å². The topological polar surface area (TPSA) is 17.8 Å². The van der Waals surface area contributed by atoms with Crippen LogP contribution in [0.15, 0.2) is 18.2 Å². The molecule has 21 heavy (non-hydrogen) atoms. The van der Waals surface area contributed by atoms with Gasteiger partial charge in [0.1, 0.15) is 5.82 Å². The van der Waals surface area contributed by atoms with Crippen LogP contribution in [-0.4, -0.2) is 9.55 Å². The first-order chi connectivity index (χ1) is 10.2. The average molecular weight is 325 g/mol. The molecule has 1 atom stereocenters. The fourth-order valence-electron chi connectivity index (χ4n) is 3.48. The van der Waals surface area contributed by atoms with Crippen LogP contribution >= 0.6 is 23.2 Å². The number of alkyl halides is 1.